The van der Waals surface area contributed by atoms with E-state index in [9.17, 15) is 14.7 Å². The molecule has 2 fully saturated rings. The van der Waals surface area contributed by atoms with Crippen molar-refractivity contribution in [2.75, 3.05) is 17.7 Å². The van der Waals surface area contributed by atoms with Crippen LogP contribution in [-0.2, 0) is 27.2 Å². The second-order valence-electron chi connectivity index (χ2n) is 14.0. The van der Waals surface area contributed by atoms with Crippen molar-refractivity contribution in [3.63, 3.8) is 0 Å². The minimum absolute atomic E-state index is 0. The zero-order chi connectivity index (χ0) is 36.9. The van der Waals surface area contributed by atoms with Crippen LogP contribution in [0.1, 0.15) is 85.0 Å². The Morgan fingerprint density at radius 2 is 1.18 bits per heavy atom. The second-order valence-corrected chi connectivity index (χ2v) is 14.8. The van der Waals surface area contributed by atoms with Gasteiger partial charge in [0.1, 0.15) is 0 Å². The number of nitrogens with one attached hydrogen (secondary N) is 2. The van der Waals surface area contributed by atoms with Crippen molar-refractivity contribution >= 4 is 58.2 Å². The number of benzene rings is 2. The number of ether oxygens (including phenoxy) is 1. The summed E-state index contributed by atoms with van der Waals surface area (Å²) in [4.78, 5) is 41.1. The molecule has 4 N–H and O–H groups in total. The van der Waals surface area contributed by atoms with Gasteiger partial charge in [-0.15, -0.1) is 0 Å². The van der Waals surface area contributed by atoms with Gasteiger partial charge in [0.15, 0.2) is 0 Å². The van der Waals surface area contributed by atoms with Gasteiger partial charge in [-0.2, -0.15) is 0 Å². The SMILES string of the molecule is COC(=O)[C@H]1CCC[C@@H](Nc2ncc(Cl)c(C3=CCc4ccccc43)n2)C1.O=C(O)[C@H]1CCC[C@@H](Nc2ncc(Cl)c(C3=CCc4ccccc43)n2)C1.[Li+].[OH-]. The van der Waals surface area contributed by atoms with Gasteiger partial charge in [-0.25, -0.2) is 19.9 Å². The molecule has 282 valence electrons. The van der Waals surface area contributed by atoms with E-state index in [0.29, 0.717) is 28.4 Å². The summed E-state index contributed by atoms with van der Waals surface area (Å²) in [6.07, 6.45) is 16.1. The van der Waals surface area contributed by atoms with Crippen molar-refractivity contribution in [3.8, 4) is 0 Å². The first kappa shape index (κ1) is 41.9. The summed E-state index contributed by atoms with van der Waals surface area (Å²) >= 11 is 12.8. The first-order valence-electron chi connectivity index (χ1n) is 18.2. The molecule has 0 amide bonds. The van der Waals surface area contributed by atoms with Gasteiger partial charge in [0.25, 0.3) is 0 Å². The fourth-order valence-electron chi connectivity index (χ4n) is 7.88. The number of methoxy groups -OCH3 is 1. The summed E-state index contributed by atoms with van der Waals surface area (Å²) in [5.41, 5.74) is 8.43. The molecule has 14 heteroatoms. The quantitative estimate of drug-likeness (QED) is 0.158. The molecule has 0 bridgehead atoms. The fourth-order valence-corrected chi connectivity index (χ4v) is 8.26. The normalized spacial score (nSPS) is 20.8. The van der Waals surface area contributed by atoms with Gasteiger partial charge in [0, 0.05) is 23.2 Å². The van der Waals surface area contributed by atoms with Gasteiger partial charge < -0.3 is 26.0 Å². The maximum absolute atomic E-state index is 11.8. The van der Waals surface area contributed by atoms with Crippen molar-refractivity contribution in [2.45, 2.75) is 76.3 Å². The number of nitrogens with zero attached hydrogens (tertiary/aromatic N) is 4. The summed E-state index contributed by atoms with van der Waals surface area (Å²) in [6, 6.07) is 16.8. The maximum Gasteiger partial charge on any atom is 1.00 e. The summed E-state index contributed by atoms with van der Waals surface area (Å²) in [7, 11) is 1.45. The van der Waals surface area contributed by atoms with Crippen LogP contribution >= 0.6 is 23.2 Å². The smallest absolute Gasteiger partial charge is 0.870 e. The molecule has 4 aliphatic carbocycles. The van der Waals surface area contributed by atoms with Crippen molar-refractivity contribution in [1.82, 2.24) is 19.9 Å². The van der Waals surface area contributed by atoms with Crippen LogP contribution in [0.2, 0.25) is 10.0 Å². The molecule has 0 radical (unpaired) electrons. The molecule has 2 aromatic heterocycles. The Morgan fingerprint density at radius 1 is 0.727 bits per heavy atom. The minimum Gasteiger partial charge on any atom is -0.870 e. The number of rotatable bonds is 8. The molecule has 4 aliphatic rings. The van der Waals surface area contributed by atoms with Crippen LogP contribution in [0.15, 0.2) is 73.1 Å². The van der Waals surface area contributed by atoms with Crippen LogP contribution in [0, 0.1) is 11.8 Å². The Hall–Kier alpha value is -4.24. The van der Waals surface area contributed by atoms with Crippen LogP contribution in [-0.4, -0.2) is 61.7 Å². The van der Waals surface area contributed by atoms with Crippen molar-refractivity contribution in [3.05, 3.63) is 117 Å². The average molecular weight is 778 g/mol. The predicted octanol–water partition coefficient (Wildman–Crippen LogP) is 5.26. The van der Waals surface area contributed by atoms with E-state index in [0.717, 1.165) is 85.9 Å². The Morgan fingerprint density at radius 3 is 1.65 bits per heavy atom. The Labute approximate surface area is 342 Å². The van der Waals surface area contributed by atoms with Crippen LogP contribution in [0.4, 0.5) is 11.9 Å². The third-order valence-corrected chi connectivity index (χ3v) is 11.1. The van der Waals surface area contributed by atoms with Gasteiger partial charge in [-0.3, -0.25) is 9.59 Å². The molecule has 2 heterocycles. The molecule has 0 spiro atoms. The predicted molar refractivity (Wildman–Crippen MR) is 209 cm³/mol. The molecule has 0 unspecified atom stereocenters. The van der Waals surface area contributed by atoms with E-state index in [1.165, 1.54) is 23.8 Å². The molecular weight excluding hydrogens is 734 g/mol. The van der Waals surface area contributed by atoms with E-state index in [2.05, 4.69) is 62.0 Å². The van der Waals surface area contributed by atoms with Gasteiger partial charge in [-0.1, -0.05) is 96.7 Å². The Bertz CT molecular complexity index is 2080. The number of aromatic nitrogens is 4. The van der Waals surface area contributed by atoms with Crippen molar-refractivity contribution in [1.29, 1.82) is 0 Å². The fraction of sp³-hybridized carbons (Fsp3) is 0.366. The third-order valence-electron chi connectivity index (χ3n) is 10.6. The molecule has 55 heavy (non-hydrogen) atoms. The van der Waals surface area contributed by atoms with Gasteiger partial charge >= 0.3 is 30.8 Å². The molecule has 2 aromatic carbocycles. The molecule has 0 saturated heterocycles. The topological polar surface area (TPSA) is 169 Å². The molecule has 8 rings (SSSR count). The Kier molecular flexibility index (Phi) is 14.5. The number of hydrogen-bond acceptors (Lipinski definition) is 10. The van der Waals surface area contributed by atoms with E-state index >= 15 is 0 Å². The third kappa shape index (κ3) is 9.77. The van der Waals surface area contributed by atoms with E-state index in [4.69, 9.17) is 32.9 Å². The number of fused-ring (bicyclic) bond motifs is 2. The number of carbonyl (C=O) groups excluding carboxylic acids is 1. The van der Waals surface area contributed by atoms with Gasteiger partial charge in [0.05, 0.1) is 52.8 Å². The van der Waals surface area contributed by atoms with E-state index < -0.39 is 5.97 Å². The van der Waals surface area contributed by atoms with Gasteiger partial charge in [0.2, 0.25) is 11.9 Å². The standard InChI is InChI=1S/C21H22ClN3O2.C20H20ClN3O2.Li.H2O/c1-27-20(26)14-6-4-7-15(11-14)24-21-23-12-18(22)19(25-21)17-10-9-13-5-2-3-8-16(13)17;21-17-11-22-20(23-14-6-3-5-13(10-14)19(25)26)24-18(17)16-9-8-12-4-1-2-7-15(12)16;;/h2-3,5,8,10,12,14-15H,4,6-7,9,11H2,1H3,(H,23,24,25);1-2,4,7,9,11,13-14H,3,5-6,8,10H2,(H,25,26)(H,22,23,24);;1H2/q;;+1;/p-1/t14-,15+;13-,14+;;/m00../s1. The van der Waals surface area contributed by atoms with Crippen LogP contribution in [0.25, 0.3) is 11.1 Å². The van der Waals surface area contributed by atoms with Crippen LogP contribution < -0.4 is 29.5 Å². The number of carbonyl (C=O) groups is 2. The summed E-state index contributed by atoms with van der Waals surface area (Å²) in [6.45, 7) is 0. The molecule has 4 aromatic rings. The molecule has 4 atom stereocenters. The second kappa shape index (κ2) is 19.1. The van der Waals surface area contributed by atoms with E-state index in [-0.39, 0.29) is 54.2 Å². The van der Waals surface area contributed by atoms with Crippen molar-refractivity contribution < 1.29 is 43.8 Å². The summed E-state index contributed by atoms with van der Waals surface area (Å²) in [5, 5.41) is 17.0. The maximum atomic E-state index is 11.8. The number of aliphatic carboxylic acids is 1. The molecule has 0 aliphatic heterocycles. The van der Waals surface area contributed by atoms with Crippen LogP contribution in [0.5, 0.6) is 0 Å². The molecule has 11 nitrogen and oxygen atoms in total. The summed E-state index contributed by atoms with van der Waals surface area (Å²) in [5.74, 6) is -0.148. The average Bonchev–Trinajstić information content (AvgIpc) is 3.81. The number of carboxylic acids is 1. The molecule has 2 saturated carbocycles. The van der Waals surface area contributed by atoms with Crippen molar-refractivity contribution in [2.24, 2.45) is 11.8 Å². The minimum atomic E-state index is -0.720. The largest absolute Gasteiger partial charge is 1.00 e. The monoisotopic (exact) mass is 776 g/mol. The van der Waals surface area contributed by atoms with E-state index in [1.807, 2.05) is 24.3 Å². The molecular formula is C41H43Cl2LiN6O5. The Balaban J connectivity index is 0.000000204. The first-order chi connectivity index (χ1) is 25.8. The number of allylic oxidation sites excluding steroid dienone is 2. The number of esters is 1. The van der Waals surface area contributed by atoms with Gasteiger partial charge in [-0.05, 0) is 73.6 Å². The number of carboxylic acid groups (broad SMARTS) is 1. The first-order valence-corrected chi connectivity index (χ1v) is 19.0. The number of halogens is 2. The zero-order valence-corrected chi connectivity index (χ0v) is 32.5. The van der Waals surface area contributed by atoms with Crippen LogP contribution in [0.3, 0.4) is 0 Å². The number of anilines is 2. The zero-order valence-electron chi connectivity index (χ0n) is 31.0. The van der Waals surface area contributed by atoms with E-state index in [1.54, 1.807) is 12.4 Å². The summed E-state index contributed by atoms with van der Waals surface area (Å²) < 4.78 is 4.90. The number of hydrogen-bond donors (Lipinski definition) is 3.